The molecule has 6 nitrogen and oxygen atoms in total. The van der Waals surface area contributed by atoms with Gasteiger partial charge in [-0.25, -0.2) is 13.4 Å². The van der Waals surface area contributed by atoms with E-state index in [1.807, 2.05) is 13.0 Å². The van der Waals surface area contributed by atoms with Crippen molar-refractivity contribution in [3.8, 4) is 0 Å². The third kappa shape index (κ3) is 7.57. The summed E-state index contributed by atoms with van der Waals surface area (Å²) in [4.78, 5) is 4.92. The van der Waals surface area contributed by atoms with Gasteiger partial charge in [-0.1, -0.05) is 31.4 Å². The number of nitrogens with zero attached hydrogens (tertiary/aromatic N) is 1. The van der Waals surface area contributed by atoms with Gasteiger partial charge in [-0.15, -0.1) is 24.0 Å². The Hall–Kier alpha value is -0.870. The summed E-state index contributed by atoms with van der Waals surface area (Å²) in [5.41, 5.74) is 1.03. The van der Waals surface area contributed by atoms with Crippen LogP contribution < -0.4 is 10.6 Å². The molecule has 0 heterocycles. The predicted octanol–water partition coefficient (Wildman–Crippen LogP) is 2.77. The van der Waals surface area contributed by atoms with Crippen LogP contribution in [0.5, 0.6) is 0 Å². The molecule has 2 rings (SSSR count). The van der Waals surface area contributed by atoms with Gasteiger partial charge in [-0.05, 0) is 43.9 Å². The van der Waals surface area contributed by atoms with Gasteiger partial charge in [0.15, 0.2) is 15.8 Å². The highest BCUT2D eigenvalue weighted by Gasteiger charge is 2.29. The molecule has 0 amide bonds. The molecule has 1 fully saturated rings. The number of halogens is 1. The van der Waals surface area contributed by atoms with E-state index in [0.29, 0.717) is 23.9 Å². The van der Waals surface area contributed by atoms with Gasteiger partial charge in [0.1, 0.15) is 0 Å². The first-order chi connectivity index (χ1) is 12.2. The number of aliphatic hydroxyl groups is 1. The topological polar surface area (TPSA) is 90.8 Å². The molecule has 1 saturated carbocycles. The minimum Gasteiger partial charge on any atom is -0.388 e. The standard InChI is InChI=1S/C19H31N3O3S.HI/c1-4-20-18(22-14-19(23)10-6-5-7-11-19)21-13-16-8-9-17(15(2)12-16)26(3,24)25;/h8-9,12,23H,4-7,10-11,13-14H2,1-3H3,(H2,20,21,22);1H. The van der Waals surface area contributed by atoms with E-state index in [2.05, 4.69) is 15.6 Å². The maximum atomic E-state index is 11.7. The van der Waals surface area contributed by atoms with Crippen LogP contribution in [0.2, 0.25) is 0 Å². The molecule has 1 aliphatic rings. The van der Waals surface area contributed by atoms with Gasteiger partial charge >= 0.3 is 0 Å². The van der Waals surface area contributed by atoms with Crippen molar-refractivity contribution in [2.24, 2.45) is 4.99 Å². The zero-order valence-corrected chi connectivity index (χ0v) is 19.6. The summed E-state index contributed by atoms with van der Waals surface area (Å²) in [6.07, 6.45) is 6.20. The van der Waals surface area contributed by atoms with Crippen LogP contribution in [-0.2, 0) is 16.4 Å². The lowest BCUT2D eigenvalue weighted by molar-refractivity contribution is 0.00859. The van der Waals surface area contributed by atoms with E-state index >= 15 is 0 Å². The molecule has 0 atom stereocenters. The third-order valence-corrected chi connectivity index (χ3v) is 6.03. The molecule has 0 bridgehead atoms. The number of hydrogen-bond donors (Lipinski definition) is 3. The Bertz CT molecular complexity index is 745. The Morgan fingerprint density at radius 2 is 1.89 bits per heavy atom. The Kier molecular flexibility index (Phi) is 9.50. The summed E-state index contributed by atoms with van der Waals surface area (Å²) in [6.45, 7) is 5.46. The molecule has 1 aromatic rings. The highest BCUT2D eigenvalue weighted by atomic mass is 127. The van der Waals surface area contributed by atoms with Gasteiger partial charge in [0.2, 0.25) is 0 Å². The lowest BCUT2D eigenvalue weighted by Gasteiger charge is -2.32. The molecule has 3 N–H and O–H groups in total. The zero-order chi connectivity index (χ0) is 19.2. The molecule has 0 radical (unpaired) electrons. The molecule has 0 saturated heterocycles. The van der Waals surface area contributed by atoms with E-state index in [-0.39, 0.29) is 24.0 Å². The molecule has 1 aliphatic carbocycles. The predicted molar refractivity (Wildman–Crippen MR) is 121 cm³/mol. The van der Waals surface area contributed by atoms with Gasteiger partial charge in [0.05, 0.1) is 17.0 Å². The molecule has 8 heteroatoms. The fraction of sp³-hybridized carbons (Fsp3) is 0.632. The summed E-state index contributed by atoms with van der Waals surface area (Å²) in [5, 5.41) is 17.1. The van der Waals surface area contributed by atoms with Gasteiger partial charge in [0, 0.05) is 19.3 Å². The van der Waals surface area contributed by atoms with Crippen molar-refractivity contribution in [3.63, 3.8) is 0 Å². The van der Waals surface area contributed by atoms with Crippen LogP contribution in [0.3, 0.4) is 0 Å². The van der Waals surface area contributed by atoms with Gasteiger partial charge in [0.25, 0.3) is 0 Å². The second-order valence-electron chi connectivity index (χ2n) is 7.21. The van der Waals surface area contributed by atoms with E-state index in [9.17, 15) is 13.5 Å². The largest absolute Gasteiger partial charge is 0.388 e. The molecular formula is C19H32IN3O3S. The average Bonchev–Trinajstić information content (AvgIpc) is 2.57. The number of hydrogen-bond acceptors (Lipinski definition) is 4. The monoisotopic (exact) mass is 509 g/mol. The van der Waals surface area contributed by atoms with Gasteiger partial charge in [-0.3, -0.25) is 0 Å². The molecule has 0 unspecified atom stereocenters. The lowest BCUT2D eigenvalue weighted by Crippen LogP contribution is -2.48. The molecule has 1 aromatic carbocycles. The minimum atomic E-state index is -3.21. The van der Waals surface area contributed by atoms with Crippen LogP contribution >= 0.6 is 24.0 Å². The van der Waals surface area contributed by atoms with Crippen LogP contribution in [0.4, 0.5) is 0 Å². The SMILES string of the molecule is CCNC(=NCc1ccc(S(C)(=O)=O)c(C)c1)NCC1(O)CCCCC1.I. The van der Waals surface area contributed by atoms with E-state index in [4.69, 9.17) is 0 Å². The summed E-state index contributed by atoms with van der Waals surface area (Å²) < 4.78 is 23.4. The first-order valence-corrected chi connectivity index (χ1v) is 11.2. The van der Waals surface area contributed by atoms with E-state index in [1.54, 1.807) is 19.1 Å². The molecule has 0 aromatic heterocycles. The smallest absolute Gasteiger partial charge is 0.191 e. The highest BCUT2D eigenvalue weighted by Crippen LogP contribution is 2.27. The molecule has 0 spiro atoms. The quantitative estimate of drug-likeness (QED) is 0.312. The third-order valence-electron chi connectivity index (χ3n) is 4.77. The Labute approximate surface area is 180 Å². The van der Waals surface area contributed by atoms with Crippen LogP contribution in [0, 0.1) is 6.92 Å². The van der Waals surface area contributed by atoms with E-state index in [0.717, 1.165) is 43.4 Å². The first kappa shape index (κ1) is 24.2. The van der Waals surface area contributed by atoms with Gasteiger partial charge in [-0.2, -0.15) is 0 Å². The minimum absolute atomic E-state index is 0. The van der Waals surface area contributed by atoms with Crippen molar-refractivity contribution in [2.45, 2.75) is 63.0 Å². The van der Waals surface area contributed by atoms with E-state index < -0.39 is 15.4 Å². The van der Waals surface area contributed by atoms with Crippen molar-refractivity contribution in [2.75, 3.05) is 19.3 Å². The molecular weight excluding hydrogens is 477 g/mol. The number of rotatable bonds is 6. The molecule has 27 heavy (non-hydrogen) atoms. The van der Waals surface area contributed by atoms with Crippen LogP contribution in [-0.4, -0.2) is 44.4 Å². The fourth-order valence-corrected chi connectivity index (χ4v) is 4.33. The van der Waals surface area contributed by atoms with Crippen LogP contribution in [0.15, 0.2) is 28.1 Å². The van der Waals surface area contributed by atoms with Gasteiger partial charge < -0.3 is 15.7 Å². The summed E-state index contributed by atoms with van der Waals surface area (Å²) >= 11 is 0. The molecule has 0 aliphatic heterocycles. The maximum absolute atomic E-state index is 11.7. The normalized spacial score (nSPS) is 17.1. The summed E-state index contributed by atoms with van der Waals surface area (Å²) in [5.74, 6) is 0.663. The van der Waals surface area contributed by atoms with Crippen molar-refractivity contribution >= 4 is 39.8 Å². The van der Waals surface area contributed by atoms with Crippen molar-refractivity contribution in [1.29, 1.82) is 0 Å². The van der Waals surface area contributed by atoms with Crippen LogP contribution in [0.25, 0.3) is 0 Å². The fourth-order valence-electron chi connectivity index (χ4n) is 3.37. The lowest BCUT2D eigenvalue weighted by atomic mass is 9.85. The van der Waals surface area contributed by atoms with Crippen molar-refractivity contribution in [3.05, 3.63) is 29.3 Å². The second kappa shape index (κ2) is 10.6. The number of guanidine groups is 1. The average molecular weight is 509 g/mol. The highest BCUT2D eigenvalue weighted by molar-refractivity contribution is 14.0. The second-order valence-corrected chi connectivity index (χ2v) is 9.19. The van der Waals surface area contributed by atoms with Crippen molar-refractivity contribution in [1.82, 2.24) is 10.6 Å². The number of sulfone groups is 1. The van der Waals surface area contributed by atoms with Crippen molar-refractivity contribution < 1.29 is 13.5 Å². The maximum Gasteiger partial charge on any atom is 0.191 e. The first-order valence-electron chi connectivity index (χ1n) is 9.28. The molecule has 154 valence electrons. The number of nitrogens with one attached hydrogen (secondary N) is 2. The summed E-state index contributed by atoms with van der Waals surface area (Å²) in [6, 6.07) is 5.30. The zero-order valence-electron chi connectivity index (χ0n) is 16.4. The number of aliphatic imine (C=N–C) groups is 1. The number of aryl methyl sites for hydroxylation is 1. The summed E-state index contributed by atoms with van der Waals surface area (Å²) in [7, 11) is -3.21. The van der Waals surface area contributed by atoms with Crippen LogP contribution in [0.1, 0.15) is 50.2 Å². The Balaban J connectivity index is 0.00000364. The Morgan fingerprint density at radius 1 is 1.22 bits per heavy atom. The Morgan fingerprint density at radius 3 is 2.44 bits per heavy atom. The van der Waals surface area contributed by atoms with E-state index in [1.165, 1.54) is 12.7 Å². The number of benzene rings is 1.